The highest BCUT2D eigenvalue weighted by atomic mass is 16.4. The number of aliphatic carboxylic acids is 1. The summed E-state index contributed by atoms with van der Waals surface area (Å²) in [5.41, 5.74) is 7.10. The second kappa shape index (κ2) is 6.36. The predicted octanol–water partition coefficient (Wildman–Crippen LogP) is 5.33. The molecule has 0 bridgehead atoms. The minimum atomic E-state index is -0.850. The summed E-state index contributed by atoms with van der Waals surface area (Å²) in [6, 6.07) is 12.7. The standard InChI is InChI=1S/C21H21NO2/c1-4-15(21(23)24)11-18-9-14(3)19(10-13(18)2)16-5-6-20-17(12-16)7-8-22-20/h5-12,22H,4H2,1-3H3,(H,23,24). The Labute approximate surface area is 141 Å². The summed E-state index contributed by atoms with van der Waals surface area (Å²) in [5.74, 6) is -0.850. The van der Waals surface area contributed by atoms with E-state index in [-0.39, 0.29) is 0 Å². The highest BCUT2D eigenvalue weighted by Crippen LogP contribution is 2.30. The van der Waals surface area contributed by atoms with E-state index in [4.69, 9.17) is 0 Å². The number of benzene rings is 2. The molecule has 3 aromatic rings. The van der Waals surface area contributed by atoms with Crippen LogP contribution >= 0.6 is 0 Å². The third kappa shape index (κ3) is 2.98. The summed E-state index contributed by atoms with van der Waals surface area (Å²) in [7, 11) is 0. The van der Waals surface area contributed by atoms with Crippen LogP contribution in [-0.2, 0) is 4.79 Å². The molecule has 1 aromatic heterocycles. The summed E-state index contributed by atoms with van der Waals surface area (Å²) in [4.78, 5) is 14.5. The molecule has 0 amide bonds. The van der Waals surface area contributed by atoms with Gasteiger partial charge in [-0.2, -0.15) is 0 Å². The minimum absolute atomic E-state index is 0.430. The molecular formula is C21H21NO2. The maximum atomic E-state index is 11.2. The molecule has 0 saturated heterocycles. The van der Waals surface area contributed by atoms with Crippen LogP contribution in [-0.4, -0.2) is 16.1 Å². The Morgan fingerprint density at radius 3 is 2.62 bits per heavy atom. The van der Waals surface area contributed by atoms with Crippen molar-refractivity contribution in [3.05, 3.63) is 64.9 Å². The normalized spacial score (nSPS) is 11.9. The molecular weight excluding hydrogens is 298 g/mol. The van der Waals surface area contributed by atoms with Crippen molar-refractivity contribution in [2.24, 2.45) is 0 Å². The third-order valence-corrected chi connectivity index (χ3v) is 4.46. The van der Waals surface area contributed by atoms with E-state index in [2.05, 4.69) is 48.3 Å². The molecule has 0 aliphatic carbocycles. The number of aromatic nitrogens is 1. The van der Waals surface area contributed by atoms with Gasteiger partial charge < -0.3 is 10.1 Å². The molecule has 3 rings (SSSR count). The molecule has 0 unspecified atom stereocenters. The van der Waals surface area contributed by atoms with Gasteiger partial charge in [0.2, 0.25) is 0 Å². The summed E-state index contributed by atoms with van der Waals surface area (Å²) >= 11 is 0. The fourth-order valence-corrected chi connectivity index (χ4v) is 3.03. The lowest BCUT2D eigenvalue weighted by Crippen LogP contribution is -1.99. The van der Waals surface area contributed by atoms with Gasteiger partial charge in [0.25, 0.3) is 0 Å². The van der Waals surface area contributed by atoms with Gasteiger partial charge in [0.05, 0.1) is 0 Å². The van der Waals surface area contributed by atoms with Gasteiger partial charge in [-0.25, -0.2) is 4.79 Å². The predicted molar refractivity (Wildman–Crippen MR) is 99.1 cm³/mol. The zero-order valence-corrected chi connectivity index (χ0v) is 14.2. The van der Waals surface area contributed by atoms with Gasteiger partial charge in [-0.15, -0.1) is 0 Å². The van der Waals surface area contributed by atoms with Crippen LogP contribution in [0.15, 0.2) is 48.2 Å². The van der Waals surface area contributed by atoms with Crippen molar-refractivity contribution < 1.29 is 9.90 Å². The zero-order valence-electron chi connectivity index (χ0n) is 14.2. The van der Waals surface area contributed by atoms with Gasteiger partial charge in [0.1, 0.15) is 0 Å². The van der Waals surface area contributed by atoms with Crippen LogP contribution in [0, 0.1) is 13.8 Å². The number of carboxylic acids is 1. The molecule has 2 aromatic carbocycles. The molecule has 0 aliphatic rings. The first-order valence-electron chi connectivity index (χ1n) is 8.12. The van der Waals surface area contributed by atoms with Crippen LogP contribution in [0.2, 0.25) is 0 Å². The Hall–Kier alpha value is -2.81. The van der Waals surface area contributed by atoms with E-state index in [0.29, 0.717) is 12.0 Å². The number of aryl methyl sites for hydroxylation is 2. The van der Waals surface area contributed by atoms with Gasteiger partial charge in [0, 0.05) is 17.3 Å². The number of rotatable bonds is 4. The largest absolute Gasteiger partial charge is 0.478 e. The monoisotopic (exact) mass is 319 g/mol. The number of carboxylic acid groups (broad SMARTS) is 1. The Morgan fingerprint density at radius 2 is 1.92 bits per heavy atom. The van der Waals surface area contributed by atoms with Crippen molar-refractivity contribution in [3.8, 4) is 11.1 Å². The lowest BCUT2D eigenvalue weighted by molar-refractivity contribution is -0.132. The van der Waals surface area contributed by atoms with Crippen LogP contribution in [0.1, 0.15) is 30.0 Å². The van der Waals surface area contributed by atoms with Gasteiger partial charge >= 0.3 is 5.97 Å². The average Bonchev–Trinajstić information content (AvgIpc) is 3.02. The van der Waals surface area contributed by atoms with Crippen molar-refractivity contribution in [2.75, 3.05) is 0 Å². The molecule has 0 atom stereocenters. The van der Waals surface area contributed by atoms with Crippen LogP contribution in [0.3, 0.4) is 0 Å². The van der Waals surface area contributed by atoms with Crippen molar-refractivity contribution in [1.82, 2.24) is 4.98 Å². The average molecular weight is 319 g/mol. The van der Waals surface area contributed by atoms with Crippen molar-refractivity contribution in [1.29, 1.82) is 0 Å². The van der Waals surface area contributed by atoms with Crippen molar-refractivity contribution in [3.63, 3.8) is 0 Å². The summed E-state index contributed by atoms with van der Waals surface area (Å²) in [6.07, 6.45) is 4.24. The molecule has 24 heavy (non-hydrogen) atoms. The molecule has 2 N–H and O–H groups in total. The van der Waals surface area contributed by atoms with E-state index in [9.17, 15) is 9.90 Å². The molecule has 3 heteroatoms. The molecule has 0 spiro atoms. The maximum Gasteiger partial charge on any atom is 0.331 e. The van der Waals surface area contributed by atoms with Gasteiger partial charge in [-0.05, 0) is 77.7 Å². The third-order valence-electron chi connectivity index (χ3n) is 4.46. The van der Waals surface area contributed by atoms with E-state index < -0.39 is 5.97 Å². The van der Waals surface area contributed by atoms with Crippen molar-refractivity contribution >= 4 is 22.9 Å². The highest BCUT2D eigenvalue weighted by Gasteiger charge is 2.09. The zero-order chi connectivity index (χ0) is 17.3. The number of carbonyl (C=O) groups is 1. The number of aromatic amines is 1. The van der Waals surface area contributed by atoms with Crippen LogP contribution in [0.25, 0.3) is 28.1 Å². The summed E-state index contributed by atoms with van der Waals surface area (Å²) in [5, 5.41) is 10.4. The first-order chi connectivity index (χ1) is 11.5. The smallest absolute Gasteiger partial charge is 0.331 e. The van der Waals surface area contributed by atoms with E-state index in [0.717, 1.165) is 22.2 Å². The Bertz CT molecular complexity index is 948. The maximum absolute atomic E-state index is 11.2. The second-order valence-corrected chi connectivity index (χ2v) is 6.13. The van der Waals surface area contributed by atoms with Gasteiger partial charge in [-0.1, -0.05) is 25.1 Å². The molecule has 3 nitrogen and oxygen atoms in total. The molecule has 0 fully saturated rings. The summed E-state index contributed by atoms with van der Waals surface area (Å²) in [6.45, 7) is 5.96. The first-order valence-corrected chi connectivity index (χ1v) is 8.12. The van der Waals surface area contributed by atoms with E-state index in [1.807, 2.05) is 20.0 Å². The molecule has 0 radical (unpaired) electrons. The summed E-state index contributed by atoms with van der Waals surface area (Å²) < 4.78 is 0. The first kappa shape index (κ1) is 16.1. The van der Waals surface area contributed by atoms with Gasteiger partial charge in [0.15, 0.2) is 0 Å². The fourth-order valence-electron chi connectivity index (χ4n) is 3.03. The molecule has 0 saturated carbocycles. The van der Waals surface area contributed by atoms with Crippen LogP contribution in [0.4, 0.5) is 0 Å². The van der Waals surface area contributed by atoms with E-state index >= 15 is 0 Å². The Morgan fingerprint density at radius 1 is 1.12 bits per heavy atom. The fraction of sp³-hybridized carbons (Fsp3) is 0.190. The Balaban J connectivity index is 2.08. The molecule has 1 heterocycles. The molecule has 122 valence electrons. The SMILES string of the molecule is CCC(=Cc1cc(C)c(-c2ccc3[nH]ccc3c2)cc1C)C(=O)O. The molecule has 0 aliphatic heterocycles. The number of hydrogen-bond donors (Lipinski definition) is 2. The number of hydrogen-bond acceptors (Lipinski definition) is 1. The lowest BCUT2D eigenvalue weighted by Gasteiger charge is -2.11. The van der Waals surface area contributed by atoms with Gasteiger partial charge in [-0.3, -0.25) is 0 Å². The highest BCUT2D eigenvalue weighted by molar-refractivity contribution is 5.92. The Kier molecular flexibility index (Phi) is 4.26. The number of H-pyrrole nitrogens is 1. The minimum Gasteiger partial charge on any atom is -0.478 e. The van der Waals surface area contributed by atoms with Crippen LogP contribution < -0.4 is 0 Å². The second-order valence-electron chi connectivity index (χ2n) is 6.13. The van der Waals surface area contributed by atoms with Crippen LogP contribution in [0.5, 0.6) is 0 Å². The van der Waals surface area contributed by atoms with E-state index in [1.165, 1.54) is 16.5 Å². The topological polar surface area (TPSA) is 53.1 Å². The number of fused-ring (bicyclic) bond motifs is 1. The van der Waals surface area contributed by atoms with E-state index in [1.54, 1.807) is 6.08 Å². The quantitative estimate of drug-likeness (QED) is 0.639. The number of nitrogens with one attached hydrogen (secondary N) is 1. The lowest BCUT2D eigenvalue weighted by atomic mass is 9.93. The van der Waals surface area contributed by atoms with Crippen molar-refractivity contribution in [2.45, 2.75) is 27.2 Å².